The first-order valence-corrected chi connectivity index (χ1v) is 11.2. The Hall–Kier alpha value is -1.31. The molecule has 0 spiro atoms. The highest BCUT2D eigenvalue weighted by Gasteiger charge is 2.18. The highest BCUT2D eigenvalue weighted by atomic mass is 16.5. The molecule has 0 unspecified atom stereocenters. The molecule has 0 aliphatic heterocycles. The van der Waals surface area contributed by atoms with Crippen molar-refractivity contribution >= 4 is 6.47 Å². The second-order valence-electron chi connectivity index (χ2n) is 10.4. The maximum absolute atomic E-state index is 10.6. The first kappa shape index (κ1) is 24.7. The summed E-state index contributed by atoms with van der Waals surface area (Å²) in [7, 11) is 0. The summed E-state index contributed by atoms with van der Waals surface area (Å²) in [5.41, 5.74) is 6.03. The van der Waals surface area contributed by atoms with Crippen LogP contribution < -0.4 is 0 Å². The van der Waals surface area contributed by atoms with Crippen molar-refractivity contribution in [3.8, 4) is 0 Å². The van der Waals surface area contributed by atoms with E-state index in [2.05, 4.69) is 46.8 Å². The summed E-state index contributed by atoms with van der Waals surface area (Å²) in [4.78, 5) is 10.6. The maximum Gasteiger partial charge on any atom is 0.293 e. The van der Waals surface area contributed by atoms with Gasteiger partial charge >= 0.3 is 0 Å². The average molecular weight is 389 g/mol. The van der Waals surface area contributed by atoms with E-state index in [1.165, 1.54) is 60.8 Å². The van der Waals surface area contributed by atoms with E-state index in [4.69, 9.17) is 4.74 Å². The summed E-state index contributed by atoms with van der Waals surface area (Å²) < 4.78 is 5.15. The predicted molar refractivity (Wildman–Crippen MR) is 121 cm³/mol. The normalized spacial score (nSPS) is 12.2. The van der Waals surface area contributed by atoms with E-state index in [1.807, 2.05) is 13.8 Å². The Morgan fingerprint density at radius 1 is 0.786 bits per heavy atom. The van der Waals surface area contributed by atoms with E-state index in [-0.39, 0.29) is 5.60 Å². The second-order valence-corrected chi connectivity index (χ2v) is 10.4. The summed E-state index contributed by atoms with van der Waals surface area (Å²) in [6, 6.07) is 4.74. The number of ether oxygens (including phenoxy) is 1. The standard InChI is InChI=1S/C26H44O2/c1-21-18-23(14-10-8-9-12-16-25(3,4)5)22(2)24(19-21)15-11-13-17-26(6,7)28-20-27/h18-20H,8-17H2,1-7H3. The number of carbonyl (C=O) groups is 1. The zero-order valence-electron chi connectivity index (χ0n) is 19.6. The third-order valence-electron chi connectivity index (χ3n) is 5.73. The van der Waals surface area contributed by atoms with Gasteiger partial charge in [-0.2, -0.15) is 0 Å². The van der Waals surface area contributed by atoms with Crippen molar-refractivity contribution in [1.29, 1.82) is 0 Å². The largest absolute Gasteiger partial charge is 0.462 e. The van der Waals surface area contributed by atoms with Crippen molar-refractivity contribution in [3.63, 3.8) is 0 Å². The molecular formula is C26H44O2. The Bertz CT molecular complexity index is 593. The quantitative estimate of drug-likeness (QED) is 0.258. The topological polar surface area (TPSA) is 26.3 Å². The van der Waals surface area contributed by atoms with Gasteiger partial charge in [0.2, 0.25) is 0 Å². The van der Waals surface area contributed by atoms with Crippen LogP contribution in [-0.2, 0) is 22.4 Å². The molecule has 2 heteroatoms. The Balaban J connectivity index is 2.46. The van der Waals surface area contributed by atoms with Gasteiger partial charge in [-0.25, -0.2) is 0 Å². The molecule has 0 heterocycles. The van der Waals surface area contributed by atoms with Crippen LogP contribution >= 0.6 is 0 Å². The molecule has 160 valence electrons. The molecule has 0 radical (unpaired) electrons. The molecule has 1 aromatic rings. The molecule has 0 fully saturated rings. The van der Waals surface area contributed by atoms with E-state index in [9.17, 15) is 4.79 Å². The summed E-state index contributed by atoms with van der Waals surface area (Å²) in [6.07, 6.45) is 12.1. The lowest BCUT2D eigenvalue weighted by Gasteiger charge is -2.22. The fourth-order valence-electron chi connectivity index (χ4n) is 3.91. The lowest BCUT2D eigenvalue weighted by Crippen LogP contribution is -2.23. The predicted octanol–water partition coefficient (Wildman–Crippen LogP) is 7.51. The SMILES string of the molecule is Cc1cc(CCCCCCC(C)(C)C)c(C)c(CCCCC(C)(C)OC=O)c1. The van der Waals surface area contributed by atoms with Gasteiger partial charge < -0.3 is 4.74 Å². The van der Waals surface area contributed by atoms with Gasteiger partial charge in [0.15, 0.2) is 0 Å². The van der Waals surface area contributed by atoms with Crippen LogP contribution in [0.2, 0.25) is 0 Å². The molecule has 0 aliphatic rings. The van der Waals surface area contributed by atoms with Gasteiger partial charge in [0.05, 0.1) is 0 Å². The van der Waals surface area contributed by atoms with E-state index < -0.39 is 0 Å². The van der Waals surface area contributed by atoms with Crippen LogP contribution in [0.5, 0.6) is 0 Å². The van der Waals surface area contributed by atoms with Crippen molar-refractivity contribution in [3.05, 3.63) is 34.4 Å². The minimum atomic E-state index is -0.346. The smallest absolute Gasteiger partial charge is 0.293 e. The summed E-state index contributed by atoms with van der Waals surface area (Å²) in [5, 5.41) is 0. The van der Waals surface area contributed by atoms with Gasteiger partial charge in [0.25, 0.3) is 6.47 Å². The lowest BCUT2D eigenvalue weighted by atomic mass is 9.89. The molecule has 2 nitrogen and oxygen atoms in total. The lowest BCUT2D eigenvalue weighted by molar-refractivity contribution is -0.140. The molecule has 28 heavy (non-hydrogen) atoms. The summed E-state index contributed by atoms with van der Waals surface area (Å²) >= 11 is 0. The van der Waals surface area contributed by atoms with E-state index in [0.717, 1.165) is 25.7 Å². The molecule has 0 bridgehead atoms. The first-order valence-electron chi connectivity index (χ1n) is 11.2. The van der Waals surface area contributed by atoms with E-state index in [1.54, 1.807) is 0 Å². The van der Waals surface area contributed by atoms with Crippen molar-refractivity contribution in [2.24, 2.45) is 5.41 Å². The molecule has 0 amide bonds. The number of aryl methyl sites for hydroxylation is 3. The third kappa shape index (κ3) is 10.3. The van der Waals surface area contributed by atoms with E-state index >= 15 is 0 Å². The third-order valence-corrected chi connectivity index (χ3v) is 5.73. The molecule has 0 N–H and O–H groups in total. The molecule has 1 rings (SSSR count). The highest BCUT2D eigenvalue weighted by Crippen LogP contribution is 2.25. The van der Waals surface area contributed by atoms with Crippen molar-refractivity contribution in [2.45, 2.75) is 118 Å². The number of unbranched alkanes of at least 4 members (excludes halogenated alkanes) is 4. The van der Waals surface area contributed by atoms with Gasteiger partial charge in [-0.15, -0.1) is 0 Å². The fraction of sp³-hybridized carbons (Fsp3) is 0.731. The highest BCUT2D eigenvalue weighted by molar-refractivity contribution is 5.38. The zero-order valence-corrected chi connectivity index (χ0v) is 19.6. The first-order chi connectivity index (χ1) is 13.0. The number of benzene rings is 1. The molecule has 0 aromatic heterocycles. The van der Waals surface area contributed by atoms with Crippen LogP contribution in [0.1, 0.15) is 108 Å². The summed E-state index contributed by atoms with van der Waals surface area (Å²) in [5.74, 6) is 0. The van der Waals surface area contributed by atoms with Gasteiger partial charge in [0, 0.05) is 0 Å². The van der Waals surface area contributed by atoms with Crippen molar-refractivity contribution < 1.29 is 9.53 Å². The molecule has 0 saturated carbocycles. The molecule has 0 saturated heterocycles. The van der Waals surface area contributed by atoms with Gasteiger partial charge in [-0.1, -0.05) is 57.7 Å². The minimum absolute atomic E-state index is 0.346. The number of carbonyl (C=O) groups excluding carboxylic acids is 1. The Labute approximate surface area is 174 Å². The second kappa shape index (κ2) is 11.6. The Morgan fingerprint density at radius 3 is 1.82 bits per heavy atom. The van der Waals surface area contributed by atoms with Crippen LogP contribution in [0.15, 0.2) is 12.1 Å². The Kier molecular flexibility index (Phi) is 10.3. The van der Waals surface area contributed by atoms with Crippen molar-refractivity contribution in [2.75, 3.05) is 0 Å². The average Bonchev–Trinajstić information content (AvgIpc) is 2.57. The number of hydrogen-bond donors (Lipinski definition) is 0. The van der Waals surface area contributed by atoms with Crippen LogP contribution in [0.25, 0.3) is 0 Å². The van der Waals surface area contributed by atoms with Crippen LogP contribution in [0.3, 0.4) is 0 Å². The van der Waals surface area contributed by atoms with Gasteiger partial charge in [-0.3, -0.25) is 4.79 Å². The Morgan fingerprint density at radius 2 is 1.29 bits per heavy atom. The molecule has 1 aromatic carbocycles. The maximum atomic E-state index is 10.6. The van der Waals surface area contributed by atoms with Crippen LogP contribution in [-0.4, -0.2) is 12.1 Å². The molecule has 0 aliphatic carbocycles. The molecule has 0 atom stereocenters. The number of rotatable bonds is 13. The minimum Gasteiger partial charge on any atom is -0.462 e. The molecular weight excluding hydrogens is 344 g/mol. The summed E-state index contributed by atoms with van der Waals surface area (Å²) in [6.45, 7) is 16.1. The van der Waals surface area contributed by atoms with Crippen molar-refractivity contribution in [1.82, 2.24) is 0 Å². The van der Waals surface area contributed by atoms with Crippen LogP contribution in [0, 0.1) is 19.3 Å². The zero-order chi connectivity index (χ0) is 21.2. The van der Waals surface area contributed by atoms with Gasteiger partial charge in [0.1, 0.15) is 5.60 Å². The fourth-order valence-corrected chi connectivity index (χ4v) is 3.91. The monoisotopic (exact) mass is 388 g/mol. The van der Waals surface area contributed by atoms with Crippen LogP contribution in [0.4, 0.5) is 0 Å². The number of hydrogen-bond acceptors (Lipinski definition) is 2. The van der Waals surface area contributed by atoms with Gasteiger partial charge in [-0.05, 0) is 94.7 Å². The van der Waals surface area contributed by atoms with E-state index in [0.29, 0.717) is 11.9 Å².